The Morgan fingerprint density at radius 1 is 1.24 bits per heavy atom. The first-order valence-electron chi connectivity index (χ1n) is 12.3. The molecule has 1 aromatic rings. The van der Waals surface area contributed by atoms with E-state index in [0.717, 1.165) is 0 Å². The van der Waals surface area contributed by atoms with Gasteiger partial charge in [-0.1, -0.05) is 19.9 Å². The lowest BCUT2D eigenvalue weighted by Crippen LogP contribution is -2.56. The number of carbonyl (C=O) groups excluding carboxylic acids is 4. The van der Waals surface area contributed by atoms with Crippen molar-refractivity contribution in [2.75, 3.05) is 26.9 Å². The Morgan fingerprint density at radius 3 is 2.59 bits per heavy atom. The number of hydrogen-bond donors (Lipinski definition) is 5. The van der Waals surface area contributed by atoms with Gasteiger partial charge in [-0.25, -0.2) is 4.39 Å². The molecule has 0 aromatic heterocycles. The molecule has 1 aliphatic rings. The van der Waals surface area contributed by atoms with Crippen LogP contribution in [0.2, 0.25) is 0 Å². The molecule has 3 amide bonds. The predicted molar refractivity (Wildman–Crippen MR) is 136 cm³/mol. The van der Waals surface area contributed by atoms with Crippen molar-refractivity contribution in [2.45, 2.75) is 57.7 Å². The van der Waals surface area contributed by atoms with Crippen molar-refractivity contribution < 1.29 is 28.3 Å². The fourth-order valence-electron chi connectivity index (χ4n) is 4.19. The highest BCUT2D eigenvalue weighted by Crippen LogP contribution is 2.21. The zero-order chi connectivity index (χ0) is 27.5. The molecule has 37 heavy (non-hydrogen) atoms. The molecule has 12 heteroatoms. The minimum atomic E-state index is -1.23. The van der Waals surface area contributed by atoms with Gasteiger partial charge in [-0.15, -0.1) is 0 Å². The van der Waals surface area contributed by atoms with Crippen molar-refractivity contribution in [2.24, 2.45) is 11.7 Å². The number of nitrogens with two attached hydrogens (primary N) is 1. The Bertz CT molecular complexity index is 988. The molecular formula is C25H37FN6O5. The molecule has 1 fully saturated rings. The van der Waals surface area contributed by atoms with Gasteiger partial charge in [0.05, 0.1) is 13.2 Å². The van der Waals surface area contributed by atoms with E-state index in [1.807, 2.05) is 0 Å². The van der Waals surface area contributed by atoms with Gasteiger partial charge in [0.25, 0.3) is 5.91 Å². The van der Waals surface area contributed by atoms with Crippen molar-refractivity contribution in [1.29, 1.82) is 5.41 Å². The SMILES string of the molecule is COc1cccc(C(=O)NC(C(=O)N2CCC[C@H]2C(=O)NC(CCCNC(=N)N)C(=O)CF)C(C)C)c1. The number of methoxy groups -OCH3 is 1. The fraction of sp³-hybridized carbons (Fsp3) is 0.560. The monoisotopic (exact) mass is 520 g/mol. The van der Waals surface area contributed by atoms with Crippen LogP contribution in [0.1, 0.15) is 49.9 Å². The van der Waals surface area contributed by atoms with Gasteiger partial charge in [0.2, 0.25) is 11.8 Å². The van der Waals surface area contributed by atoms with E-state index < -0.39 is 48.3 Å². The third-order valence-electron chi connectivity index (χ3n) is 6.21. The molecule has 3 atom stereocenters. The maximum absolute atomic E-state index is 13.5. The van der Waals surface area contributed by atoms with E-state index in [0.29, 0.717) is 43.7 Å². The zero-order valence-electron chi connectivity index (χ0n) is 21.5. The van der Waals surface area contributed by atoms with E-state index in [-0.39, 0.29) is 18.3 Å². The van der Waals surface area contributed by atoms with E-state index in [2.05, 4.69) is 16.0 Å². The molecule has 1 aliphatic heterocycles. The summed E-state index contributed by atoms with van der Waals surface area (Å²) in [4.78, 5) is 52.9. The van der Waals surface area contributed by atoms with E-state index >= 15 is 0 Å². The Hall–Kier alpha value is -3.70. The highest BCUT2D eigenvalue weighted by atomic mass is 19.1. The standard InChI is InChI=1S/C25H37FN6O5/c1-15(2)21(31-22(34)16-7-4-8-17(13-16)37-3)24(36)32-12-6-10-19(32)23(35)30-18(20(33)14-26)9-5-11-29-25(27)28/h4,7-8,13,15,18-19,21H,5-6,9-12,14H2,1-3H3,(H,30,35)(H,31,34)(H4,27,28,29)/t18?,19-,21?/m0/s1. The lowest BCUT2D eigenvalue weighted by molar-refractivity contribution is -0.141. The number of nitrogens with one attached hydrogen (secondary N) is 4. The van der Waals surface area contributed by atoms with Crippen LogP contribution < -0.4 is 26.4 Å². The van der Waals surface area contributed by atoms with Crippen LogP contribution in [0, 0.1) is 11.3 Å². The Kier molecular flexibility index (Phi) is 11.3. The van der Waals surface area contributed by atoms with E-state index in [4.69, 9.17) is 15.9 Å². The van der Waals surface area contributed by atoms with E-state index in [9.17, 15) is 23.6 Å². The molecule has 11 nitrogen and oxygen atoms in total. The molecule has 1 aromatic carbocycles. The average Bonchev–Trinajstić information content (AvgIpc) is 3.37. The summed E-state index contributed by atoms with van der Waals surface area (Å²) >= 11 is 0. The molecule has 204 valence electrons. The number of amides is 3. The Labute approximate surface area is 216 Å². The van der Waals surface area contributed by atoms with Crippen LogP contribution in [0.25, 0.3) is 0 Å². The summed E-state index contributed by atoms with van der Waals surface area (Å²) in [5, 5.41) is 15.1. The summed E-state index contributed by atoms with van der Waals surface area (Å²) in [5.74, 6) is -2.14. The minimum Gasteiger partial charge on any atom is -0.497 e. The second-order valence-corrected chi connectivity index (χ2v) is 9.26. The predicted octanol–water partition coefficient (Wildman–Crippen LogP) is 0.727. The Morgan fingerprint density at radius 2 is 1.97 bits per heavy atom. The van der Waals surface area contributed by atoms with Crippen molar-refractivity contribution in [3.8, 4) is 5.75 Å². The third kappa shape index (κ3) is 8.43. The molecule has 1 heterocycles. The first-order valence-corrected chi connectivity index (χ1v) is 12.3. The topological polar surface area (TPSA) is 167 Å². The van der Waals surface area contributed by atoms with Gasteiger partial charge in [0, 0.05) is 18.7 Å². The van der Waals surface area contributed by atoms with Gasteiger partial charge in [-0.2, -0.15) is 0 Å². The number of carbonyl (C=O) groups is 4. The number of ketones is 1. The largest absolute Gasteiger partial charge is 0.497 e. The van der Waals surface area contributed by atoms with Crippen molar-refractivity contribution >= 4 is 29.5 Å². The van der Waals surface area contributed by atoms with Crippen LogP contribution in [0.3, 0.4) is 0 Å². The molecule has 0 bridgehead atoms. The highest BCUT2D eigenvalue weighted by Gasteiger charge is 2.39. The molecule has 0 radical (unpaired) electrons. The number of hydrogen-bond acceptors (Lipinski definition) is 6. The summed E-state index contributed by atoms with van der Waals surface area (Å²) in [6.45, 7) is 2.97. The number of rotatable bonds is 13. The summed E-state index contributed by atoms with van der Waals surface area (Å²) < 4.78 is 18.3. The maximum atomic E-state index is 13.5. The number of likely N-dealkylation sites (tertiary alicyclic amines) is 1. The van der Waals surface area contributed by atoms with Crippen molar-refractivity contribution in [1.82, 2.24) is 20.9 Å². The summed E-state index contributed by atoms with van der Waals surface area (Å²) in [5.41, 5.74) is 5.56. The first-order chi connectivity index (χ1) is 17.6. The summed E-state index contributed by atoms with van der Waals surface area (Å²) in [6.07, 6.45) is 1.48. The molecule has 0 aliphatic carbocycles. The van der Waals surface area contributed by atoms with Gasteiger partial charge in [-0.3, -0.25) is 24.6 Å². The molecule has 2 unspecified atom stereocenters. The zero-order valence-corrected chi connectivity index (χ0v) is 21.5. The number of alkyl halides is 1. The van der Waals surface area contributed by atoms with Gasteiger partial charge < -0.3 is 31.3 Å². The molecule has 0 spiro atoms. The highest BCUT2D eigenvalue weighted by molar-refractivity contribution is 5.99. The molecule has 2 rings (SSSR count). The number of Topliss-reactive ketones (excluding diaryl/α,β-unsaturated/α-hetero) is 1. The summed E-state index contributed by atoms with van der Waals surface area (Å²) in [7, 11) is 1.49. The average molecular weight is 521 g/mol. The van der Waals surface area contributed by atoms with Crippen LogP contribution in [-0.2, 0) is 14.4 Å². The maximum Gasteiger partial charge on any atom is 0.252 e. The van der Waals surface area contributed by atoms with Crippen molar-refractivity contribution in [3.05, 3.63) is 29.8 Å². The molecule has 6 N–H and O–H groups in total. The van der Waals surface area contributed by atoms with Gasteiger partial charge >= 0.3 is 0 Å². The van der Waals surface area contributed by atoms with Gasteiger partial charge in [-0.05, 0) is 49.8 Å². The van der Waals surface area contributed by atoms with Gasteiger partial charge in [0.1, 0.15) is 24.5 Å². The molecular weight excluding hydrogens is 483 g/mol. The number of halogens is 1. The lowest BCUT2D eigenvalue weighted by atomic mass is 10.0. The van der Waals surface area contributed by atoms with Crippen LogP contribution in [0.4, 0.5) is 4.39 Å². The quantitative estimate of drug-likeness (QED) is 0.145. The van der Waals surface area contributed by atoms with E-state index in [1.165, 1.54) is 12.0 Å². The fourth-order valence-corrected chi connectivity index (χ4v) is 4.19. The first kappa shape index (κ1) is 29.5. The number of guanidine groups is 1. The number of nitrogens with zero attached hydrogens (tertiary/aromatic N) is 1. The minimum absolute atomic E-state index is 0.153. The smallest absolute Gasteiger partial charge is 0.252 e. The molecule has 1 saturated heterocycles. The van der Waals surface area contributed by atoms with Gasteiger partial charge in [0.15, 0.2) is 11.7 Å². The van der Waals surface area contributed by atoms with Crippen LogP contribution in [0.5, 0.6) is 5.75 Å². The number of ether oxygens (including phenoxy) is 1. The second kappa shape index (κ2) is 14.1. The van der Waals surface area contributed by atoms with Crippen molar-refractivity contribution in [3.63, 3.8) is 0 Å². The molecule has 0 saturated carbocycles. The normalized spacial score (nSPS) is 16.6. The van der Waals surface area contributed by atoms with Crippen LogP contribution in [-0.4, -0.2) is 79.4 Å². The van der Waals surface area contributed by atoms with Crippen LogP contribution in [0.15, 0.2) is 24.3 Å². The lowest BCUT2D eigenvalue weighted by Gasteiger charge is -2.31. The van der Waals surface area contributed by atoms with Crippen LogP contribution >= 0.6 is 0 Å². The third-order valence-corrected chi connectivity index (χ3v) is 6.21. The number of benzene rings is 1. The summed E-state index contributed by atoms with van der Waals surface area (Å²) in [6, 6.07) is 3.78. The van der Waals surface area contributed by atoms with E-state index in [1.54, 1.807) is 38.1 Å². The second-order valence-electron chi connectivity index (χ2n) is 9.26. The Balaban J connectivity index is 2.10.